The molecule has 0 radical (unpaired) electrons. The molecule has 0 saturated heterocycles. The number of nitrogens with zero attached hydrogens (tertiary/aromatic N) is 2. The highest BCUT2D eigenvalue weighted by atomic mass is 32.1. The van der Waals surface area contributed by atoms with Gasteiger partial charge in [-0.2, -0.15) is 10.4 Å². The van der Waals surface area contributed by atoms with E-state index in [2.05, 4.69) is 15.8 Å². The summed E-state index contributed by atoms with van der Waals surface area (Å²) in [5, 5.41) is 16.9. The Morgan fingerprint density at radius 2 is 1.82 bits per heavy atom. The van der Waals surface area contributed by atoms with Crippen LogP contribution in [0.4, 0.5) is 5.69 Å². The Hall–Kier alpha value is -4.49. The summed E-state index contributed by atoms with van der Waals surface area (Å²) in [5.41, 5.74) is 4.40. The molecule has 0 aliphatic heterocycles. The second kappa shape index (κ2) is 11.4. The third-order valence-electron chi connectivity index (χ3n) is 4.53. The first-order valence-electron chi connectivity index (χ1n) is 9.97. The van der Waals surface area contributed by atoms with Gasteiger partial charge in [0.15, 0.2) is 11.5 Å². The summed E-state index contributed by atoms with van der Waals surface area (Å²) in [7, 11) is 1.44. The Labute approximate surface area is 199 Å². The van der Waals surface area contributed by atoms with Crippen molar-refractivity contribution >= 4 is 40.5 Å². The SMILES string of the molecule is COc1cc(C(C)=NNC(=O)C(=O)Nc2ccc(CC#N)cc2)ccc1OC(=O)c1cccs1. The fourth-order valence-electron chi connectivity index (χ4n) is 2.76. The van der Waals surface area contributed by atoms with Crippen LogP contribution >= 0.6 is 11.3 Å². The van der Waals surface area contributed by atoms with Crippen molar-refractivity contribution in [3.63, 3.8) is 0 Å². The van der Waals surface area contributed by atoms with Crippen molar-refractivity contribution in [1.82, 2.24) is 5.43 Å². The number of methoxy groups -OCH3 is 1. The van der Waals surface area contributed by atoms with E-state index in [1.54, 1.807) is 66.9 Å². The van der Waals surface area contributed by atoms with Crippen LogP contribution in [0.25, 0.3) is 0 Å². The number of amides is 2. The van der Waals surface area contributed by atoms with Crippen molar-refractivity contribution in [1.29, 1.82) is 5.26 Å². The molecule has 0 aliphatic carbocycles. The number of thiophene rings is 1. The number of hydrogen-bond donors (Lipinski definition) is 2. The second-order valence-corrected chi connectivity index (χ2v) is 7.80. The molecule has 1 heterocycles. The van der Waals surface area contributed by atoms with E-state index in [-0.39, 0.29) is 12.2 Å². The fraction of sp³-hybridized carbons (Fsp3) is 0.125. The zero-order valence-electron chi connectivity index (χ0n) is 18.3. The van der Waals surface area contributed by atoms with E-state index >= 15 is 0 Å². The minimum atomic E-state index is -0.950. The van der Waals surface area contributed by atoms with E-state index in [9.17, 15) is 14.4 Å². The Morgan fingerprint density at radius 3 is 2.47 bits per heavy atom. The molecular formula is C24H20N4O5S. The van der Waals surface area contributed by atoms with Crippen LogP contribution in [0.5, 0.6) is 11.5 Å². The molecule has 0 unspecified atom stereocenters. The van der Waals surface area contributed by atoms with E-state index in [0.717, 1.165) is 5.56 Å². The maximum atomic E-state index is 12.2. The summed E-state index contributed by atoms with van der Waals surface area (Å²) < 4.78 is 10.7. The van der Waals surface area contributed by atoms with Crippen molar-refractivity contribution in [2.75, 3.05) is 12.4 Å². The van der Waals surface area contributed by atoms with E-state index in [0.29, 0.717) is 27.6 Å². The van der Waals surface area contributed by atoms with Crippen LogP contribution in [0.1, 0.15) is 27.7 Å². The van der Waals surface area contributed by atoms with Crippen LogP contribution in [0.15, 0.2) is 65.1 Å². The molecular weight excluding hydrogens is 456 g/mol. The van der Waals surface area contributed by atoms with Gasteiger partial charge in [0.2, 0.25) is 0 Å². The van der Waals surface area contributed by atoms with E-state index in [4.69, 9.17) is 14.7 Å². The van der Waals surface area contributed by atoms with Crippen molar-refractivity contribution < 1.29 is 23.9 Å². The molecule has 9 nitrogen and oxygen atoms in total. The van der Waals surface area contributed by atoms with Crippen molar-refractivity contribution in [3.8, 4) is 17.6 Å². The number of esters is 1. The number of rotatable bonds is 7. The highest BCUT2D eigenvalue weighted by molar-refractivity contribution is 7.12. The van der Waals surface area contributed by atoms with Gasteiger partial charge in [-0.1, -0.05) is 18.2 Å². The number of hydrogen-bond acceptors (Lipinski definition) is 8. The van der Waals surface area contributed by atoms with Gasteiger partial charge < -0.3 is 14.8 Å². The molecule has 2 N–H and O–H groups in total. The first-order chi connectivity index (χ1) is 16.4. The Balaban J connectivity index is 1.62. The number of carbonyl (C=O) groups is 3. The van der Waals surface area contributed by atoms with Crippen LogP contribution in [-0.4, -0.2) is 30.6 Å². The van der Waals surface area contributed by atoms with E-state index in [1.807, 2.05) is 6.07 Å². The molecule has 34 heavy (non-hydrogen) atoms. The third-order valence-corrected chi connectivity index (χ3v) is 5.38. The van der Waals surface area contributed by atoms with Crippen LogP contribution < -0.4 is 20.2 Å². The molecule has 0 fully saturated rings. The fourth-order valence-corrected chi connectivity index (χ4v) is 3.36. The van der Waals surface area contributed by atoms with Crippen molar-refractivity contribution in [3.05, 3.63) is 76.0 Å². The van der Waals surface area contributed by atoms with Gasteiger partial charge in [0.25, 0.3) is 0 Å². The number of anilines is 1. The summed E-state index contributed by atoms with van der Waals surface area (Å²) in [5.74, 6) is -1.79. The summed E-state index contributed by atoms with van der Waals surface area (Å²) in [4.78, 5) is 36.9. The summed E-state index contributed by atoms with van der Waals surface area (Å²) in [6.07, 6.45) is 0.255. The predicted molar refractivity (Wildman–Crippen MR) is 127 cm³/mol. The largest absolute Gasteiger partial charge is 0.493 e. The number of benzene rings is 2. The van der Waals surface area contributed by atoms with Crippen molar-refractivity contribution in [2.45, 2.75) is 13.3 Å². The van der Waals surface area contributed by atoms with Crippen molar-refractivity contribution in [2.24, 2.45) is 5.10 Å². The molecule has 2 amide bonds. The van der Waals surface area contributed by atoms with Gasteiger partial charge in [0, 0.05) is 11.3 Å². The zero-order chi connectivity index (χ0) is 24.5. The molecule has 0 aliphatic rings. The number of carbonyl (C=O) groups excluding carboxylic acids is 3. The Morgan fingerprint density at radius 1 is 1.06 bits per heavy atom. The maximum Gasteiger partial charge on any atom is 0.353 e. The highest BCUT2D eigenvalue weighted by Crippen LogP contribution is 2.29. The zero-order valence-corrected chi connectivity index (χ0v) is 19.1. The predicted octanol–water partition coefficient (Wildman–Crippen LogP) is 3.52. The molecule has 2 aromatic carbocycles. The van der Waals surface area contributed by atoms with Gasteiger partial charge in [0.1, 0.15) is 4.88 Å². The summed E-state index contributed by atoms with van der Waals surface area (Å²) >= 11 is 1.27. The normalized spacial score (nSPS) is 10.7. The molecule has 0 atom stereocenters. The van der Waals surface area contributed by atoms with Crippen LogP contribution in [0.2, 0.25) is 0 Å². The number of hydrazone groups is 1. The average molecular weight is 477 g/mol. The number of ether oxygens (including phenoxy) is 2. The maximum absolute atomic E-state index is 12.2. The molecule has 0 bridgehead atoms. The van der Waals surface area contributed by atoms with Gasteiger partial charge in [-0.25, -0.2) is 10.2 Å². The van der Waals surface area contributed by atoms with E-state index < -0.39 is 17.8 Å². The molecule has 0 spiro atoms. The Kier molecular flexibility index (Phi) is 8.10. The lowest BCUT2D eigenvalue weighted by Gasteiger charge is -2.11. The summed E-state index contributed by atoms with van der Waals surface area (Å²) in [6.45, 7) is 1.64. The minimum absolute atomic E-state index is 0.238. The smallest absolute Gasteiger partial charge is 0.353 e. The third kappa shape index (κ3) is 6.27. The standard InChI is InChI=1S/C24H20N4O5S/c1-15(27-28-23(30)22(29)26-18-8-5-16(6-9-18)11-12-25)17-7-10-19(20(14-17)32-2)33-24(31)21-4-3-13-34-21/h3-10,13-14H,11H2,1-2H3,(H,26,29)(H,28,30). The quantitative estimate of drug-likeness (QED) is 0.176. The minimum Gasteiger partial charge on any atom is -0.493 e. The first-order valence-corrected chi connectivity index (χ1v) is 10.8. The summed E-state index contributed by atoms with van der Waals surface area (Å²) in [6, 6.07) is 16.8. The van der Waals surface area contributed by atoms with Gasteiger partial charge in [-0.05, 0) is 54.3 Å². The molecule has 3 aromatic rings. The van der Waals surface area contributed by atoms with Crippen LogP contribution in [-0.2, 0) is 16.0 Å². The molecule has 172 valence electrons. The lowest BCUT2D eigenvalue weighted by Crippen LogP contribution is -2.32. The van der Waals surface area contributed by atoms with Gasteiger partial charge >= 0.3 is 17.8 Å². The Bertz CT molecular complexity index is 1260. The van der Waals surface area contributed by atoms with Gasteiger partial charge in [-0.15, -0.1) is 11.3 Å². The first kappa shape index (κ1) is 24.2. The second-order valence-electron chi connectivity index (χ2n) is 6.86. The van der Waals surface area contributed by atoms with E-state index in [1.165, 1.54) is 18.4 Å². The molecule has 0 saturated carbocycles. The van der Waals surface area contributed by atoms with Gasteiger partial charge in [-0.3, -0.25) is 9.59 Å². The molecule has 1 aromatic heterocycles. The highest BCUT2D eigenvalue weighted by Gasteiger charge is 2.16. The molecule has 10 heteroatoms. The topological polar surface area (TPSA) is 130 Å². The lowest BCUT2D eigenvalue weighted by atomic mass is 10.1. The van der Waals surface area contributed by atoms with Crippen LogP contribution in [0, 0.1) is 11.3 Å². The average Bonchev–Trinajstić information content (AvgIpc) is 3.39. The number of nitriles is 1. The molecule has 3 rings (SSSR count). The lowest BCUT2D eigenvalue weighted by molar-refractivity contribution is -0.136. The monoisotopic (exact) mass is 476 g/mol. The number of nitrogens with one attached hydrogen (secondary N) is 2. The van der Waals surface area contributed by atoms with Gasteiger partial charge in [0.05, 0.1) is 25.3 Å². The van der Waals surface area contributed by atoms with Crippen LogP contribution in [0.3, 0.4) is 0 Å².